The predicted molar refractivity (Wildman–Crippen MR) is 160 cm³/mol. The summed E-state index contributed by atoms with van der Waals surface area (Å²) < 4.78 is 51.8. The molecule has 0 radical (unpaired) electrons. The lowest BCUT2D eigenvalue weighted by Crippen LogP contribution is -3.19. The molecule has 10 nitrogen and oxygen atoms in total. The van der Waals surface area contributed by atoms with E-state index in [1.54, 1.807) is 13.0 Å². The standard InChI is InChI=1S/C31H41F3N4O6.ClH/c1-2-43-29(41)25-14-9-7-5-3-4-6-8-13-24(35)28(40)38-18-21(17-26(38)27(39)36-25)44-30(42)37-16-15-20-11-10-12-23(22(20)19-37)31(32,33)34;/h5,7,10-12,21,24-26H,2-4,6,8-9,13-19,35H2,1H3,(H,36,39);1H/p+1. The zero-order chi connectivity index (χ0) is 31.9. The van der Waals surface area contributed by atoms with Crippen LogP contribution in [0.4, 0.5) is 18.0 Å². The second-order valence-corrected chi connectivity index (χ2v) is 11.6. The zero-order valence-electron chi connectivity index (χ0n) is 25.4. The van der Waals surface area contributed by atoms with E-state index in [1.165, 1.54) is 11.0 Å². The van der Waals surface area contributed by atoms with Crippen LogP contribution in [0, 0.1) is 0 Å². The Morgan fingerprint density at radius 3 is 2.60 bits per heavy atom. The first-order valence-electron chi connectivity index (χ1n) is 15.4. The van der Waals surface area contributed by atoms with Gasteiger partial charge in [-0.05, 0) is 62.6 Å². The molecule has 4 rings (SSSR count). The number of fused-ring (bicyclic) bond motifs is 2. The Labute approximate surface area is 267 Å². The van der Waals surface area contributed by atoms with Crippen LogP contribution in [-0.4, -0.2) is 72.7 Å². The third-order valence-electron chi connectivity index (χ3n) is 8.50. The van der Waals surface area contributed by atoms with Gasteiger partial charge in [-0.3, -0.25) is 9.69 Å². The summed E-state index contributed by atoms with van der Waals surface area (Å²) in [4.78, 5) is 54.3. The monoisotopic (exact) mass is 659 g/mol. The Balaban J connectivity index is 0.00000552. The molecule has 5 unspecified atom stereocenters. The van der Waals surface area contributed by atoms with Crippen LogP contribution in [0.15, 0.2) is 30.4 Å². The van der Waals surface area contributed by atoms with Crippen molar-refractivity contribution in [2.24, 2.45) is 5.73 Å². The molecule has 0 saturated carbocycles. The highest BCUT2D eigenvalue weighted by Crippen LogP contribution is 2.35. The number of carbonyl (C=O) groups excluding carboxylic acids is 4. The van der Waals surface area contributed by atoms with E-state index in [0.29, 0.717) is 24.8 Å². The first-order chi connectivity index (χ1) is 21.0. The fraction of sp³-hybridized carbons (Fsp3) is 0.613. The number of quaternary nitrogens is 1. The van der Waals surface area contributed by atoms with Gasteiger partial charge in [-0.1, -0.05) is 37.1 Å². The Morgan fingerprint density at radius 1 is 1.11 bits per heavy atom. The minimum atomic E-state index is -4.57. The maximum absolute atomic E-state index is 13.6. The van der Waals surface area contributed by atoms with E-state index in [4.69, 9.17) is 15.2 Å². The Bertz CT molecular complexity index is 1250. The van der Waals surface area contributed by atoms with Crippen molar-refractivity contribution >= 4 is 36.3 Å². The van der Waals surface area contributed by atoms with Gasteiger partial charge in [-0.15, -0.1) is 12.4 Å². The van der Waals surface area contributed by atoms with E-state index in [-0.39, 0.29) is 67.9 Å². The van der Waals surface area contributed by atoms with E-state index >= 15 is 0 Å². The molecular formula is C31H43ClF3N4O6+. The number of hydrogen-bond donors (Lipinski definition) is 3. The quantitative estimate of drug-likeness (QED) is 0.336. The number of benzene rings is 1. The van der Waals surface area contributed by atoms with Gasteiger partial charge in [-0.2, -0.15) is 13.2 Å². The lowest BCUT2D eigenvalue weighted by molar-refractivity contribution is -0.825. The van der Waals surface area contributed by atoms with E-state index in [1.807, 2.05) is 12.2 Å². The van der Waals surface area contributed by atoms with Crippen LogP contribution in [0.2, 0.25) is 0 Å². The van der Waals surface area contributed by atoms with Crippen molar-refractivity contribution in [1.29, 1.82) is 0 Å². The molecule has 3 aliphatic rings. The van der Waals surface area contributed by atoms with Crippen LogP contribution in [0.5, 0.6) is 0 Å². The van der Waals surface area contributed by atoms with Crippen LogP contribution >= 0.6 is 12.4 Å². The van der Waals surface area contributed by atoms with Gasteiger partial charge < -0.3 is 25.4 Å². The molecule has 0 aromatic heterocycles. The molecule has 3 aliphatic heterocycles. The predicted octanol–water partition coefficient (Wildman–Crippen LogP) is 2.85. The van der Waals surface area contributed by atoms with Crippen LogP contribution in [0.1, 0.15) is 75.0 Å². The summed E-state index contributed by atoms with van der Waals surface area (Å²) in [6, 6.07) is 1.23. The first-order valence-corrected chi connectivity index (χ1v) is 15.4. The topological polar surface area (TPSA) is 132 Å². The van der Waals surface area contributed by atoms with Gasteiger partial charge in [0.2, 0.25) is 0 Å². The molecule has 0 spiro atoms. The highest BCUT2D eigenvalue weighted by Gasteiger charge is 2.49. The molecule has 45 heavy (non-hydrogen) atoms. The largest absolute Gasteiger partial charge is 0.464 e. The lowest BCUT2D eigenvalue weighted by atomic mass is 9.95. The number of esters is 1. The highest BCUT2D eigenvalue weighted by molar-refractivity contribution is 5.88. The van der Waals surface area contributed by atoms with E-state index in [9.17, 15) is 32.3 Å². The summed E-state index contributed by atoms with van der Waals surface area (Å²) in [7, 11) is 0. The Morgan fingerprint density at radius 2 is 1.87 bits per heavy atom. The third kappa shape index (κ3) is 9.43. The molecule has 14 heteroatoms. The van der Waals surface area contributed by atoms with E-state index < -0.39 is 53.9 Å². The Hall–Kier alpha value is -3.16. The number of amides is 3. The van der Waals surface area contributed by atoms with Gasteiger partial charge in [0.1, 0.15) is 18.6 Å². The Kier molecular flexibility index (Phi) is 13.2. The van der Waals surface area contributed by atoms with Crippen LogP contribution in [-0.2, 0) is 43.0 Å². The molecular weight excluding hydrogens is 617 g/mol. The molecule has 250 valence electrons. The molecule has 1 fully saturated rings. The van der Waals surface area contributed by atoms with Crippen molar-refractivity contribution in [3.63, 3.8) is 0 Å². The minimum Gasteiger partial charge on any atom is -0.464 e. The number of halogens is 4. The lowest BCUT2D eigenvalue weighted by Gasteiger charge is -2.30. The summed E-state index contributed by atoms with van der Waals surface area (Å²) in [5, 5.41) is 2.74. The fourth-order valence-corrected chi connectivity index (χ4v) is 6.16. The van der Waals surface area contributed by atoms with Gasteiger partial charge in [-0.25, -0.2) is 14.4 Å². The molecule has 5 atom stereocenters. The number of ether oxygens (including phenoxy) is 2. The van der Waals surface area contributed by atoms with E-state index in [0.717, 1.165) is 31.7 Å². The molecule has 3 amide bonds. The van der Waals surface area contributed by atoms with Crippen molar-refractivity contribution in [2.75, 3.05) is 19.7 Å². The average Bonchev–Trinajstić information content (AvgIpc) is 3.41. The van der Waals surface area contributed by atoms with Crippen molar-refractivity contribution in [3.8, 4) is 0 Å². The number of hydrogen-bond acceptors (Lipinski definition) is 7. The number of allylic oxidation sites excluding steroid dienone is 2. The van der Waals surface area contributed by atoms with E-state index in [2.05, 4.69) is 5.32 Å². The van der Waals surface area contributed by atoms with Crippen molar-refractivity contribution in [3.05, 3.63) is 47.0 Å². The summed E-state index contributed by atoms with van der Waals surface area (Å²) in [5.41, 5.74) is 6.03. The minimum absolute atomic E-state index is 0. The third-order valence-corrected chi connectivity index (χ3v) is 8.50. The second-order valence-electron chi connectivity index (χ2n) is 11.6. The molecule has 0 aliphatic carbocycles. The highest BCUT2D eigenvalue weighted by atomic mass is 35.5. The summed E-state index contributed by atoms with van der Waals surface area (Å²) in [6.07, 6.45) is 2.67. The number of alkyl halides is 3. The summed E-state index contributed by atoms with van der Waals surface area (Å²) in [5.74, 6) is -1.52. The molecule has 4 N–H and O–H groups in total. The van der Waals surface area contributed by atoms with Crippen LogP contribution in [0.25, 0.3) is 0 Å². The molecule has 0 bridgehead atoms. The van der Waals surface area contributed by atoms with Crippen molar-refractivity contribution in [1.82, 2.24) is 10.2 Å². The van der Waals surface area contributed by atoms with Gasteiger partial charge in [0.25, 0.3) is 5.91 Å². The zero-order valence-corrected chi connectivity index (χ0v) is 26.2. The second kappa shape index (κ2) is 16.4. The van der Waals surface area contributed by atoms with Gasteiger partial charge in [0.05, 0.1) is 18.6 Å². The fourth-order valence-electron chi connectivity index (χ4n) is 6.16. The first kappa shape index (κ1) is 36.3. The molecule has 3 heterocycles. The van der Waals surface area contributed by atoms with Gasteiger partial charge in [0, 0.05) is 13.1 Å². The number of nitrogens with zero attached hydrogens (tertiary/aromatic N) is 1. The average molecular weight is 660 g/mol. The number of nitrogens with one attached hydrogen (secondary N) is 2. The van der Waals surface area contributed by atoms with Crippen molar-refractivity contribution < 1.29 is 46.7 Å². The van der Waals surface area contributed by atoms with Crippen molar-refractivity contribution in [2.45, 2.75) is 102 Å². The maximum atomic E-state index is 13.6. The summed E-state index contributed by atoms with van der Waals surface area (Å²) >= 11 is 0. The molecule has 1 aromatic carbocycles. The maximum Gasteiger partial charge on any atom is 0.416 e. The normalized spacial score (nSPS) is 26.6. The van der Waals surface area contributed by atoms with Gasteiger partial charge in [0.15, 0.2) is 12.1 Å². The number of nitrogens with two attached hydrogens (primary N) is 1. The summed E-state index contributed by atoms with van der Waals surface area (Å²) in [6.45, 7) is 1.68. The number of rotatable bonds is 3. The van der Waals surface area contributed by atoms with Gasteiger partial charge >= 0.3 is 24.1 Å². The molecule has 1 aromatic rings. The SMILES string of the molecule is CCOC(=O)C1CCC=CCCCCCC(N)C(=O)[NH+]2CC(OC(=O)N3CCc4cccc(C(F)(F)F)c4C3)CC2C(=O)N1.Cl. The van der Waals surface area contributed by atoms with Crippen LogP contribution in [0.3, 0.4) is 0 Å². The van der Waals surface area contributed by atoms with Crippen LogP contribution < -0.4 is 16.0 Å². The number of carbonyl (C=O) groups is 4. The molecule has 1 saturated heterocycles. The smallest absolute Gasteiger partial charge is 0.416 e.